The second kappa shape index (κ2) is 6.52. The first-order valence-corrected chi connectivity index (χ1v) is 10.4. The van der Waals surface area contributed by atoms with Gasteiger partial charge in [0.15, 0.2) is 5.82 Å². The van der Waals surface area contributed by atoms with Crippen LogP contribution in [-0.4, -0.2) is 52.6 Å². The quantitative estimate of drug-likeness (QED) is 0.829. The Balaban J connectivity index is 1.55. The van der Waals surface area contributed by atoms with Crippen molar-refractivity contribution in [3.8, 4) is 6.01 Å². The van der Waals surface area contributed by atoms with Crippen LogP contribution < -0.4 is 4.74 Å². The second-order valence-electron chi connectivity index (χ2n) is 7.48. The van der Waals surface area contributed by atoms with E-state index in [0.29, 0.717) is 31.1 Å². The minimum absolute atomic E-state index is 0.110. The molecule has 0 bridgehead atoms. The predicted molar refractivity (Wildman–Crippen MR) is 94.1 cm³/mol. The Morgan fingerprint density at radius 2 is 2.11 bits per heavy atom. The van der Waals surface area contributed by atoms with Crippen LogP contribution in [0.25, 0.3) is 0 Å². The Bertz CT molecular complexity index is 926. The average molecular weight is 395 g/mol. The highest BCUT2D eigenvalue weighted by Gasteiger charge is 2.53. The molecule has 8 nitrogen and oxygen atoms in total. The number of aromatic amines is 1. The zero-order chi connectivity index (χ0) is 19.2. The van der Waals surface area contributed by atoms with E-state index in [9.17, 15) is 12.8 Å². The van der Waals surface area contributed by atoms with Gasteiger partial charge in [0.05, 0.1) is 30.4 Å². The third-order valence-electron chi connectivity index (χ3n) is 5.75. The molecule has 0 radical (unpaired) electrons. The van der Waals surface area contributed by atoms with Gasteiger partial charge in [-0.25, -0.2) is 22.8 Å². The first kappa shape index (κ1) is 18.3. The summed E-state index contributed by atoms with van der Waals surface area (Å²) in [5.74, 6) is -0.302. The van der Waals surface area contributed by atoms with Crippen molar-refractivity contribution in [2.45, 2.75) is 38.0 Å². The van der Waals surface area contributed by atoms with E-state index in [-0.39, 0.29) is 22.2 Å². The van der Waals surface area contributed by atoms with Crippen LogP contribution in [0, 0.1) is 31.0 Å². The second-order valence-corrected chi connectivity index (χ2v) is 9.36. The number of nitrogens with one attached hydrogen (secondary N) is 1. The first-order chi connectivity index (χ1) is 12.8. The van der Waals surface area contributed by atoms with Gasteiger partial charge in [0.1, 0.15) is 4.90 Å². The van der Waals surface area contributed by atoms with Gasteiger partial charge in [0.2, 0.25) is 10.0 Å². The summed E-state index contributed by atoms with van der Waals surface area (Å²) in [4.78, 5) is 7.92. The van der Waals surface area contributed by atoms with E-state index in [4.69, 9.17) is 4.74 Å². The van der Waals surface area contributed by atoms with Gasteiger partial charge in [0.25, 0.3) is 0 Å². The minimum atomic E-state index is -3.62. The summed E-state index contributed by atoms with van der Waals surface area (Å²) >= 11 is 0. The molecule has 146 valence electrons. The largest absolute Gasteiger partial charge is 0.463 e. The van der Waals surface area contributed by atoms with Crippen molar-refractivity contribution in [3.63, 3.8) is 0 Å². The monoisotopic (exact) mass is 395 g/mol. The summed E-state index contributed by atoms with van der Waals surface area (Å²) in [7, 11) is -3.62. The fourth-order valence-corrected chi connectivity index (χ4v) is 6.33. The summed E-state index contributed by atoms with van der Waals surface area (Å²) in [5, 5.41) is 6.77. The molecule has 0 spiro atoms. The Hall–Kier alpha value is -2.07. The lowest BCUT2D eigenvalue weighted by Gasteiger charge is -2.28. The van der Waals surface area contributed by atoms with Crippen molar-refractivity contribution in [3.05, 3.63) is 29.6 Å². The molecule has 10 heteroatoms. The number of nitrogens with zero attached hydrogens (tertiary/aromatic N) is 4. The van der Waals surface area contributed by atoms with E-state index in [1.807, 2.05) is 0 Å². The summed E-state index contributed by atoms with van der Waals surface area (Å²) < 4.78 is 46.6. The first-order valence-electron chi connectivity index (χ1n) is 8.94. The summed E-state index contributed by atoms with van der Waals surface area (Å²) in [6, 6.07) is 0.110. The number of sulfonamides is 1. The van der Waals surface area contributed by atoms with E-state index < -0.39 is 15.8 Å². The van der Waals surface area contributed by atoms with Crippen LogP contribution in [0.1, 0.15) is 30.7 Å². The number of aryl methyl sites for hydroxylation is 2. The number of hydrogen-bond donors (Lipinski definition) is 1. The highest BCUT2D eigenvalue weighted by Crippen LogP contribution is 2.50. The number of fused-ring (bicyclic) bond motifs is 1. The molecule has 1 aliphatic heterocycles. The lowest BCUT2D eigenvalue weighted by atomic mass is 9.82. The third-order valence-corrected chi connectivity index (χ3v) is 7.83. The maximum atomic E-state index is 13.2. The SMILES string of the molecule is Cc1n[nH]c(C)c1S(=O)(=O)N1CC2CCCC2(COc2ncc(F)cn2)C1. The minimum Gasteiger partial charge on any atom is -0.463 e. The topological polar surface area (TPSA) is 101 Å². The van der Waals surface area contributed by atoms with E-state index in [1.54, 1.807) is 18.2 Å². The van der Waals surface area contributed by atoms with Crippen LogP contribution in [0.5, 0.6) is 6.01 Å². The van der Waals surface area contributed by atoms with Crippen LogP contribution in [0.4, 0.5) is 4.39 Å². The molecule has 0 amide bonds. The summed E-state index contributed by atoms with van der Waals surface area (Å²) in [6.07, 6.45) is 5.00. The van der Waals surface area contributed by atoms with Crippen molar-refractivity contribution >= 4 is 10.0 Å². The fraction of sp³-hybridized carbons (Fsp3) is 0.588. The smallest absolute Gasteiger partial charge is 0.316 e. The van der Waals surface area contributed by atoms with E-state index in [2.05, 4.69) is 20.2 Å². The molecule has 2 aliphatic rings. The number of ether oxygens (including phenoxy) is 1. The molecule has 1 N–H and O–H groups in total. The molecule has 1 aliphatic carbocycles. The Morgan fingerprint density at radius 1 is 1.37 bits per heavy atom. The zero-order valence-corrected chi connectivity index (χ0v) is 16.1. The number of rotatable bonds is 5. The van der Waals surface area contributed by atoms with Gasteiger partial charge in [-0.2, -0.15) is 9.40 Å². The predicted octanol–water partition coefficient (Wildman–Crippen LogP) is 1.83. The molecule has 1 saturated carbocycles. The van der Waals surface area contributed by atoms with E-state index >= 15 is 0 Å². The Morgan fingerprint density at radius 3 is 2.78 bits per heavy atom. The van der Waals surface area contributed by atoms with Gasteiger partial charge in [-0.15, -0.1) is 0 Å². The van der Waals surface area contributed by atoms with Gasteiger partial charge in [-0.3, -0.25) is 5.10 Å². The zero-order valence-electron chi connectivity index (χ0n) is 15.3. The standard InChI is InChI=1S/C17H22FN5O3S/c1-11-15(12(2)22-21-11)27(24,25)23-8-13-4-3-5-17(13,9-23)10-26-16-19-6-14(18)7-20-16/h6-7,13H,3-5,8-10H2,1-2H3,(H,21,22). The van der Waals surface area contributed by atoms with E-state index in [1.165, 1.54) is 0 Å². The third kappa shape index (κ3) is 3.10. The number of hydrogen-bond acceptors (Lipinski definition) is 6. The lowest BCUT2D eigenvalue weighted by molar-refractivity contribution is 0.125. The van der Waals surface area contributed by atoms with Gasteiger partial charge >= 0.3 is 6.01 Å². The van der Waals surface area contributed by atoms with E-state index in [0.717, 1.165) is 31.7 Å². The molecule has 27 heavy (non-hydrogen) atoms. The molecule has 2 atom stereocenters. The van der Waals surface area contributed by atoms with Crippen molar-refractivity contribution in [2.75, 3.05) is 19.7 Å². The highest BCUT2D eigenvalue weighted by molar-refractivity contribution is 7.89. The molecular formula is C17H22FN5O3S. The number of halogens is 1. The van der Waals surface area contributed by atoms with Crippen LogP contribution in [0.2, 0.25) is 0 Å². The Kier molecular flexibility index (Phi) is 4.42. The van der Waals surface area contributed by atoms with Crippen molar-refractivity contribution in [1.82, 2.24) is 24.5 Å². The Labute approximate surface area is 157 Å². The van der Waals surface area contributed by atoms with Gasteiger partial charge < -0.3 is 4.74 Å². The van der Waals surface area contributed by atoms with Crippen LogP contribution in [0.15, 0.2) is 17.3 Å². The van der Waals surface area contributed by atoms with Gasteiger partial charge in [0, 0.05) is 18.5 Å². The molecule has 2 aromatic heterocycles. The fourth-order valence-electron chi connectivity index (χ4n) is 4.42. The average Bonchev–Trinajstić information content (AvgIpc) is 3.27. The molecule has 2 fully saturated rings. The molecule has 1 saturated heterocycles. The van der Waals surface area contributed by atoms with Gasteiger partial charge in [-0.05, 0) is 32.6 Å². The number of aromatic nitrogens is 4. The maximum absolute atomic E-state index is 13.2. The molecule has 4 rings (SSSR count). The van der Waals surface area contributed by atoms with Crippen molar-refractivity contribution in [1.29, 1.82) is 0 Å². The van der Waals surface area contributed by atoms with Crippen molar-refractivity contribution in [2.24, 2.45) is 11.3 Å². The van der Waals surface area contributed by atoms with Crippen molar-refractivity contribution < 1.29 is 17.5 Å². The van der Waals surface area contributed by atoms with Crippen LogP contribution in [-0.2, 0) is 10.0 Å². The molecule has 3 heterocycles. The lowest BCUT2D eigenvalue weighted by Crippen LogP contribution is -2.36. The summed E-state index contributed by atoms with van der Waals surface area (Å²) in [6.45, 7) is 4.59. The highest BCUT2D eigenvalue weighted by atomic mass is 32.2. The normalized spacial score (nSPS) is 25.7. The van der Waals surface area contributed by atoms with Crippen LogP contribution in [0.3, 0.4) is 0 Å². The van der Waals surface area contributed by atoms with Gasteiger partial charge in [-0.1, -0.05) is 6.42 Å². The summed E-state index contributed by atoms with van der Waals surface area (Å²) in [5.41, 5.74) is 0.764. The van der Waals surface area contributed by atoms with Crippen LogP contribution >= 0.6 is 0 Å². The number of H-pyrrole nitrogens is 1. The molecule has 2 aromatic rings. The molecule has 2 unspecified atom stereocenters. The molecule has 0 aromatic carbocycles. The molecular weight excluding hydrogens is 373 g/mol. The maximum Gasteiger partial charge on any atom is 0.316 e.